The van der Waals surface area contributed by atoms with E-state index in [9.17, 15) is 23.1 Å². The van der Waals surface area contributed by atoms with Crippen LogP contribution in [-0.4, -0.2) is 62.8 Å². The number of carbonyl (C=O) groups excluding carboxylic acids is 1. The second-order valence-corrected chi connectivity index (χ2v) is 8.78. The second-order valence-electron chi connectivity index (χ2n) is 6.94. The lowest BCUT2D eigenvalue weighted by Gasteiger charge is -2.27. The fourth-order valence-electron chi connectivity index (χ4n) is 3.72. The molecule has 2 aliphatic heterocycles. The van der Waals surface area contributed by atoms with Gasteiger partial charge in [0, 0.05) is 32.0 Å². The molecule has 1 saturated heterocycles. The third kappa shape index (κ3) is 3.68. The van der Waals surface area contributed by atoms with Gasteiger partial charge < -0.3 is 14.7 Å². The maximum absolute atomic E-state index is 12.4. The summed E-state index contributed by atoms with van der Waals surface area (Å²) in [6.45, 7) is 0.618. The van der Waals surface area contributed by atoms with Crippen LogP contribution in [0.3, 0.4) is 0 Å². The lowest BCUT2D eigenvalue weighted by molar-refractivity contribution is -0.151. The van der Waals surface area contributed by atoms with Crippen LogP contribution in [0.25, 0.3) is 0 Å². The monoisotopic (exact) mass is 382 g/mol. The maximum Gasteiger partial charge on any atom is 0.312 e. The van der Waals surface area contributed by atoms with Crippen molar-refractivity contribution in [3.05, 3.63) is 29.8 Å². The Kier molecular flexibility index (Phi) is 4.94. The van der Waals surface area contributed by atoms with Crippen LogP contribution >= 0.6 is 0 Å². The number of aliphatic carboxylic acids is 1. The average Bonchev–Trinajstić information content (AvgIpc) is 2.85. The average molecular weight is 382 g/mol. The predicted molar refractivity (Wildman–Crippen MR) is 93.2 cm³/mol. The summed E-state index contributed by atoms with van der Waals surface area (Å²) in [5.41, 5.74) is -0.266. The first-order valence-corrected chi connectivity index (χ1v) is 10.3. The highest BCUT2D eigenvalue weighted by atomic mass is 32.2. The first kappa shape index (κ1) is 18.7. The predicted octanol–water partition coefficient (Wildman–Crippen LogP) is 0.0902. The van der Waals surface area contributed by atoms with Gasteiger partial charge in [0.2, 0.25) is 15.9 Å². The number of nitrogens with zero attached hydrogens (tertiary/aromatic N) is 1. The molecule has 2 aliphatic rings. The molecule has 142 valence electrons. The van der Waals surface area contributed by atoms with Crippen molar-refractivity contribution in [3.8, 4) is 5.75 Å². The van der Waals surface area contributed by atoms with E-state index in [0.717, 1.165) is 11.8 Å². The van der Waals surface area contributed by atoms with Crippen molar-refractivity contribution in [2.45, 2.75) is 12.8 Å². The van der Waals surface area contributed by atoms with Crippen LogP contribution in [0.5, 0.6) is 5.75 Å². The summed E-state index contributed by atoms with van der Waals surface area (Å²) >= 11 is 0. The molecule has 1 fully saturated rings. The van der Waals surface area contributed by atoms with Gasteiger partial charge in [-0.15, -0.1) is 0 Å². The highest BCUT2D eigenvalue weighted by Crippen LogP contribution is 2.44. The molecule has 0 aromatic heterocycles. The van der Waals surface area contributed by atoms with Gasteiger partial charge >= 0.3 is 5.97 Å². The van der Waals surface area contributed by atoms with Gasteiger partial charge in [-0.05, 0) is 18.1 Å². The van der Waals surface area contributed by atoms with Crippen LogP contribution in [0.2, 0.25) is 0 Å². The molecule has 2 atom stereocenters. The lowest BCUT2D eigenvalue weighted by atomic mass is 9.74. The molecule has 0 radical (unpaired) electrons. The van der Waals surface area contributed by atoms with E-state index >= 15 is 0 Å². The van der Waals surface area contributed by atoms with Gasteiger partial charge in [0.1, 0.15) is 5.75 Å². The lowest BCUT2D eigenvalue weighted by Crippen LogP contribution is -2.42. The Balaban J connectivity index is 1.76. The minimum atomic E-state index is -3.36. The van der Waals surface area contributed by atoms with E-state index in [1.807, 2.05) is 24.3 Å². The van der Waals surface area contributed by atoms with Crippen molar-refractivity contribution in [2.75, 3.05) is 32.5 Å². The summed E-state index contributed by atoms with van der Waals surface area (Å²) in [6, 6.07) is 7.36. The number of nitrogens with one attached hydrogen (secondary N) is 1. The van der Waals surface area contributed by atoms with Crippen molar-refractivity contribution in [1.82, 2.24) is 9.62 Å². The third-order valence-electron chi connectivity index (χ3n) is 5.10. The van der Waals surface area contributed by atoms with Crippen molar-refractivity contribution >= 4 is 21.9 Å². The van der Waals surface area contributed by atoms with Gasteiger partial charge in [-0.2, -0.15) is 0 Å². The second kappa shape index (κ2) is 6.88. The highest BCUT2D eigenvalue weighted by Gasteiger charge is 2.55. The number of benzene rings is 1. The Hall–Kier alpha value is -2.13. The van der Waals surface area contributed by atoms with Crippen LogP contribution in [0, 0.1) is 11.3 Å². The van der Waals surface area contributed by atoms with Crippen molar-refractivity contribution < 1.29 is 27.9 Å². The molecule has 2 N–H and O–H groups in total. The third-order valence-corrected chi connectivity index (χ3v) is 5.82. The van der Waals surface area contributed by atoms with Crippen LogP contribution in [0.1, 0.15) is 12.0 Å². The number of ether oxygens (including phenoxy) is 1. The molecule has 8 nitrogen and oxygen atoms in total. The molecule has 0 aliphatic carbocycles. The number of carboxylic acid groups (broad SMARTS) is 1. The number of carbonyl (C=O) groups is 2. The molecule has 1 aromatic rings. The number of para-hydroxylation sites is 1. The SMILES string of the molecule is CS(=O)(=O)NCCC(=O)N1C[C@H]2COc3ccccc3C[C@@]2(C(=O)O)C1. The molecule has 0 spiro atoms. The van der Waals surface area contributed by atoms with E-state index in [-0.39, 0.29) is 44.5 Å². The molecule has 0 bridgehead atoms. The van der Waals surface area contributed by atoms with E-state index in [0.29, 0.717) is 12.2 Å². The summed E-state index contributed by atoms with van der Waals surface area (Å²) in [5, 5.41) is 9.95. The Morgan fingerprint density at radius 3 is 2.81 bits per heavy atom. The van der Waals surface area contributed by atoms with E-state index in [2.05, 4.69) is 4.72 Å². The van der Waals surface area contributed by atoms with E-state index in [1.54, 1.807) is 0 Å². The smallest absolute Gasteiger partial charge is 0.312 e. The zero-order chi connectivity index (χ0) is 18.9. The standard InChI is InChI=1S/C17H22N2O6S/c1-26(23,24)18-7-6-15(20)19-9-13-10-25-14-5-3-2-4-12(14)8-17(13,11-19)16(21)22/h2-5,13,18H,6-11H2,1H3,(H,21,22)/t13-,17+/m0/s1. The van der Waals surface area contributed by atoms with E-state index < -0.39 is 21.4 Å². The molecule has 0 unspecified atom stereocenters. The van der Waals surface area contributed by atoms with E-state index in [1.165, 1.54) is 4.90 Å². The molecular weight excluding hydrogens is 360 g/mol. The topological polar surface area (TPSA) is 113 Å². The molecular formula is C17H22N2O6S. The zero-order valence-corrected chi connectivity index (χ0v) is 15.3. The number of amides is 1. The minimum Gasteiger partial charge on any atom is -0.493 e. The first-order chi connectivity index (χ1) is 12.2. The van der Waals surface area contributed by atoms with Gasteiger partial charge in [0.15, 0.2) is 0 Å². The number of carboxylic acids is 1. The fraction of sp³-hybridized carbons (Fsp3) is 0.529. The van der Waals surface area contributed by atoms with Gasteiger partial charge in [0.05, 0.1) is 18.3 Å². The molecule has 1 amide bonds. The van der Waals surface area contributed by atoms with Crippen LogP contribution in [-0.2, 0) is 26.0 Å². The van der Waals surface area contributed by atoms with Crippen LogP contribution in [0.15, 0.2) is 24.3 Å². The van der Waals surface area contributed by atoms with Crippen LogP contribution in [0.4, 0.5) is 0 Å². The molecule has 1 aromatic carbocycles. The number of hydrogen-bond acceptors (Lipinski definition) is 5. The maximum atomic E-state index is 12.4. The van der Waals surface area contributed by atoms with Crippen molar-refractivity contribution in [3.63, 3.8) is 0 Å². The molecule has 0 saturated carbocycles. The van der Waals surface area contributed by atoms with Crippen LogP contribution < -0.4 is 9.46 Å². The molecule has 9 heteroatoms. The molecule has 3 rings (SSSR count). The van der Waals surface area contributed by atoms with Crippen molar-refractivity contribution in [1.29, 1.82) is 0 Å². The Bertz CT molecular complexity index is 824. The number of rotatable bonds is 5. The number of hydrogen-bond donors (Lipinski definition) is 2. The molecule has 2 heterocycles. The van der Waals surface area contributed by atoms with Gasteiger partial charge in [-0.1, -0.05) is 18.2 Å². The zero-order valence-electron chi connectivity index (χ0n) is 14.5. The van der Waals surface area contributed by atoms with E-state index in [4.69, 9.17) is 4.74 Å². The Labute approximate surface area is 152 Å². The highest BCUT2D eigenvalue weighted by molar-refractivity contribution is 7.88. The Morgan fingerprint density at radius 2 is 2.12 bits per heavy atom. The van der Waals surface area contributed by atoms with Crippen molar-refractivity contribution in [2.24, 2.45) is 11.3 Å². The largest absolute Gasteiger partial charge is 0.493 e. The summed E-state index contributed by atoms with van der Waals surface area (Å²) in [7, 11) is -3.36. The van der Waals surface area contributed by atoms with Gasteiger partial charge in [-0.3, -0.25) is 9.59 Å². The summed E-state index contributed by atoms with van der Waals surface area (Å²) in [5.74, 6) is -0.826. The minimum absolute atomic E-state index is 0.00175. The summed E-state index contributed by atoms with van der Waals surface area (Å²) in [4.78, 5) is 26.1. The quantitative estimate of drug-likeness (QED) is 0.746. The summed E-state index contributed by atoms with van der Waals surface area (Å²) in [6.07, 6.45) is 1.32. The van der Waals surface area contributed by atoms with Gasteiger partial charge in [-0.25, -0.2) is 13.1 Å². The fourth-order valence-corrected chi connectivity index (χ4v) is 4.19. The number of sulfonamides is 1. The normalized spacial score (nSPS) is 25.0. The first-order valence-electron chi connectivity index (χ1n) is 8.38. The summed E-state index contributed by atoms with van der Waals surface area (Å²) < 4.78 is 30.3. The molecule has 26 heavy (non-hydrogen) atoms. The number of likely N-dealkylation sites (tertiary alicyclic amines) is 1. The Morgan fingerprint density at radius 1 is 1.38 bits per heavy atom. The number of fused-ring (bicyclic) bond motifs is 2. The van der Waals surface area contributed by atoms with Gasteiger partial charge in [0.25, 0.3) is 0 Å².